The summed E-state index contributed by atoms with van der Waals surface area (Å²) < 4.78 is 50.2. The Bertz CT molecular complexity index is 1620. The van der Waals surface area contributed by atoms with Gasteiger partial charge in [-0.25, -0.2) is 22.5 Å². The van der Waals surface area contributed by atoms with Gasteiger partial charge in [-0.1, -0.05) is 0 Å². The summed E-state index contributed by atoms with van der Waals surface area (Å²) >= 11 is 0. The summed E-state index contributed by atoms with van der Waals surface area (Å²) in [5, 5.41) is 8.00. The highest BCUT2D eigenvalue weighted by molar-refractivity contribution is 7.91. The third kappa shape index (κ3) is 4.74. The Hall–Kier alpha value is -3.99. The largest absolute Gasteiger partial charge is 0.497 e. The number of carbonyl (C=O) groups excluding carboxylic acids is 1. The van der Waals surface area contributed by atoms with Crippen LogP contribution in [-0.2, 0) is 9.84 Å². The fraction of sp³-hybridized carbons (Fsp3) is 0.269. The van der Waals surface area contributed by atoms with E-state index in [4.69, 9.17) is 14.5 Å². The van der Waals surface area contributed by atoms with E-state index in [-0.39, 0.29) is 11.5 Å². The number of carbonyl (C=O) groups is 1. The first-order chi connectivity index (χ1) is 17.7. The van der Waals surface area contributed by atoms with Crippen LogP contribution in [0.4, 0.5) is 10.1 Å². The summed E-state index contributed by atoms with van der Waals surface area (Å²) in [6.45, 7) is 1.76. The number of nitrogens with one attached hydrogen (secondary N) is 1. The monoisotopic (exact) mass is 524 g/mol. The first-order valence-corrected chi connectivity index (χ1v) is 13.4. The number of ether oxygens (including phenoxy) is 2. The van der Waals surface area contributed by atoms with Crippen molar-refractivity contribution in [2.45, 2.75) is 19.4 Å². The standard InChI is InChI=1S/C26H25FN4O5S/c1-15-24-20(26(32)29-21-9-8-19(35-2)12-23(21)36-3)13-22(16-4-6-17(27)7-5-16)28-25(24)31(30-15)18-10-11-37(33,34)14-18/h4-9,12-13,18H,10-11,14H2,1-3H3,(H,29,32). The lowest BCUT2D eigenvalue weighted by Gasteiger charge is -2.14. The van der Waals surface area contributed by atoms with E-state index in [0.29, 0.717) is 57.2 Å². The Kier molecular flexibility index (Phi) is 6.32. The summed E-state index contributed by atoms with van der Waals surface area (Å²) in [4.78, 5) is 18.4. The summed E-state index contributed by atoms with van der Waals surface area (Å²) in [6, 6.07) is 12.1. The number of halogens is 1. The lowest BCUT2D eigenvalue weighted by molar-refractivity contribution is 0.102. The molecule has 1 atom stereocenters. The number of aromatic nitrogens is 3. The van der Waals surface area contributed by atoms with Crippen LogP contribution in [0.5, 0.6) is 11.5 Å². The molecule has 37 heavy (non-hydrogen) atoms. The number of rotatable bonds is 6. The van der Waals surface area contributed by atoms with Crippen molar-refractivity contribution >= 4 is 32.5 Å². The van der Waals surface area contributed by atoms with Crippen molar-refractivity contribution < 1.29 is 27.1 Å². The molecule has 1 unspecified atom stereocenters. The van der Waals surface area contributed by atoms with Crippen LogP contribution in [0, 0.1) is 12.7 Å². The van der Waals surface area contributed by atoms with E-state index >= 15 is 0 Å². The number of benzene rings is 2. The van der Waals surface area contributed by atoms with E-state index in [9.17, 15) is 17.6 Å². The molecule has 1 amide bonds. The van der Waals surface area contributed by atoms with Crippen LogP contribution in [0.3, 0.4) is 0 Å². The summed E-state index contributed by atoms with van der Waals surface area (Å²) in [7, 11) is -0.157. The highest BCUT2D eigenvalue weighted by Crippen LogP contribution is 2.34. The molecule has 2 aromatic heterocycles. The average molecular weight is 525 g/mol. The van der Waals surface area contributed by atoms with Crippen molar-refractivity contribution in [1.29, 1.82) is 0 Å². The second-order valence-corrected chi connectivity index (χ2v) is 11.1. The molecule has 3 heterocycles. The van der Waals surface area contributed by atoms with Crippen LogP contribution >= 0.6 is 0 Å². The van der Waals surface area contributed by atoms with Crippen LogP contribution in [0.2, 0.25) is 0 Å². The van der Waals surface area contributed by atoms with Gasteiger partial charge >= 0.3 is 0 Å². The van der Waals surface area contributed by atoms with Crippen molar-refractivity contribution in [3.63, 3.8) is 0 Å². The number of fused-ring (bicyclic) bond motifs is 1. The van der Waals surface area contributed by atoms with Crippen LogP contribution in [0.15, 0.2) is 48.5 Å². The molecule has 192 valence electrons. The van der Waals surface area contributed by atoms with Gasteiger partial charge in [-0.15, -0.1) is 0 Å². The first-order valence-electron chi connectivity index (χ1n) is 11.6. The minimum Gasteiger partial charge on any atom is -0.497 e. The van der Waals surface area contributed by atoms with Gasteiger partial charge in [-0.05, 0) is 55.8 Å². The Morgan fingerprint density at radius 3 is 2.51 bits per heavy atom. The molecule has 1 N–H and O–H groups in total. The molecule has 0 aliphatic carbocycles. The molecule has 5 rings (SSSR count). The number of amides is 1. The van der Waals surface area contributed by atoms with Crippen LogP contribution in [0.1, 0.15) is 28.5 Å². The molecule has 9 nitrogen and oxygen atoms in total. The van der Waals surface area contributed by atoms with Crippen molar-refractivity contribution in [2.75, 3.05) is 31.0 Å². The lowest BCUT2D eigenvalue weighted by atomic mass is 10.0. The van der Waals surface area contributed by atoms with E-state index in [0.717, 1.165) is 0 Å². The highest BCUT2D eigenvalue weighted by atomic mass is 32.2. The van der Waals surface area contributed by atoms with Gasteiger partial charge in [0.25, 0.3) is 5.91 Å². The number of nitrogens with zero attached hydrogens (tertiary/aromatic N) is 3. The molecular weight excluding hydrogens is 499 g/mol. The van der Waals surface area contributed by atoms with Gasteiger partial charge in [0, 0.05) is 11.6 Å². The second-order valence-electron chi connectivity index (χ2n) is 8.87. The van der Waals surface area contributed by atoms with Crippen molar-refractivity contribution in [3.8, 4) is 22.8 Å². The SMILES string of the molecule is COc1ccc(NC(=O)c2cc(-c3ccc(F)cc3)nc3c2c(C)nn3C2CCS(=O)(=O)C2)c(OC)c1. The average Bonchev–Trinajstić information content (AvgIpc) is 3.42. The number of sulfone groups is 1. The molecule has 1 aliphatic heterocycles. The summed E-state index contributed by atoms with van der Waals surface area (Å²) in [5.41, 5.74) is 2.71. The van der Waals surface area contributed by atoms with Gasteiger partial charge in [0.15, 0.2) is 15.5 Å². The Balaban J connectivity index is 1.66. The smallest absolute Gasteiger partial charge is 0.256 e. The van der Waals surface area contributed by atoms with E-state index in [2.05, 4.69) is 10.4 Å². The zero-order valence-corrected chi connectivity index (χ0v) is 21.3. The van der Waals surface area contributed by atoms with Gasteiger partial charge in [0.05, 0.1) is 59.8 Å². The normalized spacial score (nSPS) is 16.6. The lowest BCUT2D eigenvalue weighted by Crippen LogP contribution is -2.15. The maximum absolute atomic E-state index is 13.7. The fourth-order valence-corrected chi connectivity index (χ4v) is 6.27. The molecule has 4 aromatic rings. The van der Waals surface area contributed by atoms with Crippen molar-refractivity contribution in [1.82, 2.24) is 14.8 Å². The van der Waals surface area contributed by atoms with Gasteiger partial charge in [-0.3, -0.25) is 4.79 Å². The van der Waals surface area contributed by atoms with Crippen molar-refractivity contribution in [2.24, 2.45) is 0 Å². The third-order valence-corrected chi connectivity index (χ3v) is 8.18. The van der Waals surface area contributed by atoms with Gasteiger partial charge < -0.3 is 14.8 Å². The zero-order valence-electron chi connectivity index (χ0n) is 20.5. The molecule has 11 heteroatoms. The predicted octanol–water partition coefficient (Wildman–Crippen LogP) is 4.17. The van der Waals surface area contributed by atoms with Crippen molar-refractivity contribution in [3.05, 3.63) is 65.6 Å². The summed E-state index contributed by atoms with van der Waals surface area (Å²) in [6.07, 6.45) is 0.408. The summed E-state index contributed by atoms with van der Waals surface area (Å²) in [5.74, 6) is 0.187. The van der Waals surface area contributed by atoms with E-state index < -0.39 is 27.6 Å². The molecule has 0 radical (unpaired) electrons. The quantitative estimate of drug-likeness (QED) is 0.403. The van der Waals surface area contributed by atoms with E-state index in [1.54, 1.807) is 48.0 Å². The highest BCUT2D eigenvalue weighted by Gasteiger charge is 2.32. The number of methoxy groups -OCH3 is 2. The fourth-order valence-electron chi connectivity index (χ4n) is 4.57. The van der Waals surface area contributed by atoms with Crippen LogP contribution < -0.4 is 14.8 Å². The Labute approximate surface area is 213 Å². The van der Waals surface area contributed by atoms with Gasteiger partial charge in [0.1, 0.15) is 17.3 Å². The predicted molar refractivity (Wildman–Crippen MR) is 137 cm³/mol. The molecule has 0 spiro atoms. The molecule has 2 aromatic carbocycles. The Morgan fingerprint density at radius 2 is 1.86 bits per heavy atom. The molecular formula is C26H25FN4O5S. The molecule has 1 saturated heterocycles. The maximum Gasteiger partial charge on any atom is 0.256 e. The van der Waals surface area contributed by atoms with Gasteiger partial charge in [0.2, 0.25) is 0 Å². The maximum atomic E-state index is 13.7. The molecule has 0 bridgehead atoms. The number of pyridine rings is 1. The van der Waals surface area contributed by atoms with Crippen LogP contribution in [-0.4, -0.2) is 54.8 Å². The zero-order chi connectivity index (χ0) is 26.3. The number of hydrogen-bond acceptors (Lipinski definition) is 7. The van der Waals surface area contributed by atoms with E-state index in [1.165, 1.54) is 26.4 Å². The van der Waals surface area contributed by atoms with Gasteiger partial charge in [-0.2, -0.15) is 5.10 Å². The second kappa shape index (κ2) is 9.47. The van der Waals surface area contributed by atoms with Crippen LogP contribution in [0.25, 0.3) is 22.3 Å². The number of hydrogen-bond donors (Lipinski definition) is 1. The third-order valence-electron chi connectivity index (χ3n) is 6.43. The number of aryl methyl sites for hydroxylation is 1. The minimum absolute atomic E-state index is 0.0454. The number of anilines is 1. The van der Waals surface area contributed by atoms with E-state index in [1.807, 2.05) is 0 Å². The topological polar surface area (TPSA) is 112 Å². The minimum atomic E-state index is -3.18. The molecule has 0 saturated carbocycles. The Morgan fingerprint density at radius 1 is 1.11 bits per heavy atom. The molecule has 1 aliphatic rings. The molecule has 1 fully saturated rings. The first kappa shape index (κ1) is 24.7.